The molecule has 2 aliphatic rings. The summed E-state index contributed by atoms with van der Waals surface area (Å²) in [4.78, 5) is 28.7. The van der Waals surface area contributed by atoms with E-state index in [1.807, 2.05) is 0 Å². The van der Waals surface area contributed by atoms with E-state index in [1.54, 1.807) is 48.1 Å². The van der Waals surface area contributed by atoms with Crippen LogP contribution < -0.4 is 4.74 Å². The number of nitrogens with zero attached hydrogens (tertiary/aromatic N) is 2. The number of amides is 2. The Hall–Kier alpha value is -1.46. The molecule has 3 rings (SSSR count). The van der Waals surface area contributed by atoms with E-state index in [1.165, 1.54) is 0 Å². The standard InChI is InChI=1S/C17H20Cl2N2O3/c1-16(11-17(16,18)19)15(23)21-8-6-20(7-9-21)14(22)12-4-3-5-13(10-12)24-2/h3-5,10H,6-9,11H2,1-2H3. The van der Waals surface area contributed by atoms with Gasteiger partial charge >= 0.3 is 0 Å². The molecule has 0 aromatic heterocycles. The summed E-state index contributed by atoms with van der Waals surface area (Å²) in [6.07, 6.45) is 0.477. The molecule has 1 aliphatic heterocycles. The van der Waals surface area contributed by atoms with Crippen molar-refractivity contribution >= 4 is 35.0 Å². The van der Waals surface area contributed by atoms with Gasteiger partial charge in [-0.15, -0.1) is 23.2 Å². The van der Waals surface area contributed by atoms with Crippen LogP contribution in [-0.2, 0) is 4.79 Å². The number of benzene rings is 1. The summed E-state index contributed by atoms with van der Waals surface area (Å²) in [5.74, 6) is 0.570. The number of halogens is 2. The van der Waals surface area contributed by atoms with E-state index in [0.29, 0.717) is 43.9 Å². The summed E-state index contributed by atoms with van der Waals surface area (Å²) in [7, 11) is 1.57. The van der Waals surface area contributed by atoms with Gasteiger partial charge in [0.25, 0.3) is 5.91 Å². The van der Waals surface area contributed by atoms with Crippen LogP contribution in [-0.4, -0.2) is 59.2 Å². The number of piperazine rings is 1. The number of hydrogen-bond acceptors (Lipinski definition) is 3. The molecule has 130 valence electrons. The number of methoxy groups -OCH3 is 1. The summed E-state index contributed by atoms with van der Waals surface area (Å²) < 4.78 is 4.20. The Bertz CT molecular complexity index is 672. The molecule has 0 radical (unpaired) electrons. The van der Waals surface area contributed by atoms with Crippen molar-refractivity contribution < 1.29 is 14.3 Å². The van der Waals surface area contributed by atoms with Gasteiger partial charge in [-0.25, -0.2) is 0 Å². The van der Waals surface area contributed by atoms with Gasteiger partial charge in [0, 0.05) is 31.7 Å². The fourth-order valence-electron chi connectivity index (χ4n) is 3.03. The molecule has 2 fully saturated rings. The molecule has 1 heterocycles. The van der Waals surface area contributed by atoms with Crippen LogP contribution in [0.3, 0.4) is 0 Å². The summed E-state index contributed by atoms with van der Waals surface area (Å²) in [6.45, 7) is 3.77. The second-order valence-corrected chi connectivity index (χ2v) is 8.01. The fraction of sp³-hybridized carbons (Fsp3) is 0.529. The maximum atomic E-state index is 12.6. The van der Waals surface area contributed by atoms with Crippen molar-refractivity contribution in [1.82, 2.24) is 9.80 Å². The maximum Gasteiger partial charge on any atom is 0.254 e. The van der Waals surface area contributed by atoms with Crippen LogP contribution in [0.25, 0.3) is 0 Å². The minimum atomic E-state index is -0.961. The van der Waals surface area contributed by atoms with Crippen LogP contribution >= 0.6 is 23.2 Å². The molecular weight excluding hydrogens is 351 g/mol. The molecule has 2 amide bonds. The van der Waals surface area contributed by atoms with Crippen LogP contribution in [0, 0.1) is 5.41 Å². The SMILES string of the molecule is COc1cccc(C(=O)N2CCN(C(=O)C3(C)CC3(Cl)Cl)CC2)c1. The summed E-state index contributed by atoms with van der Waals surface area (Å²) in [5.41, 5.74) is -0.112. The minimum absolute atomic E-state index is 0.0269. The van der Waals surface area contributed by atoms with Crippen molar-refractivity contribution in [3.8, 4) is 5.75 Å². The van der Waals surface area contributed by atoms with Gasteiger partial charge in [0.15, 0.2) is 0 Å². The lowest BCUT2D eigenvalue weighted by Gasteiger charge is -2.36. The van der Waals surface area contributed by atoms with E-state index in [-0.39, 0.29) is 11.8 Å². The van der Waals surface area contributed by atoms with Crippen LogP contribution in [0.4, 0.5) is 0 Å². The predicted octanol–water partition coefficient (Wildman–Crippen LogP) is 2.56. The molecule has 0 N–H and O–H groups in total. The average Bonchev–Trinajstić information content (AvgIpc) is 3.13. The topological polar surface area (TPSA) is 49.9 Å². The van der Waals surface area contributed by atoms with E-state index in [2.05, 4.69) is 0 Å². The number of hydrogen-bond donors (Lipinski definition) is 0. The first-order valence-corrected chi connectivity index (χ1v) is 8.65. The highest BCUT2D eigenvalue weighted by atomic mass is 35.5. The third-order valence-electron chi connectivity index (χ3n) is 4.90. The highest BCUT2D eigenvalue weighted by molar-refractivity contribution is 6.53. The fourth-order valence-corrected chi connectivity index (χ4v) is 3.73. The highest BCUT2D eigenvalue weighted by Gasteiger charge is 2.68. The molecule has 0 bridgehead atoms. The molecule has 1 aliphatic carbocycles. The van der Waals surface area contributed by atoms with Crippen LogP contribution in [0.15, 0.2) is 24.3 Å². The highest BCUT2D eigenvalue weighted by Crippen LogP contribution is 2.64. The Morgan fingerprint density at radius 1 is 1.12 bits per heavy atom. The van der Waals surface area contributed by atoms with E-state index in [4.69, 9.17) is 27.9 Å². The van der Waals surface area contributed by atoms with Gasteiger partial charge in [0.2, 0.25) is 5.91 Å². The normalized spacial score (nSPS) is 25.3. The minimum Gasteiger partial charge on any atom is -0.497 e. The summed E-state index contributed by atoms with van der Waals surface area (Å²) >= 11 is 12.2. The molecule has 24 heavy (non-hydrogen) atoms. The van der Waals surface area contributed by atoms with Gasteiger partial charge in [0.1, 0.15) is 10.1 Å². The first-order valence-electron chi connectivity index (χ1n) is 7.89. The van der Waals surface area contributed by atoms with Crippen molar-refractivity contribution in [1.29, 1.82) is 0 Å². The van der Waals surface area contributed by atoms with Crippen molar-refractivity contribution in [2.24, 2.45) is 5.41 Å². The zero-order valence-corrected chi connectivity index (χ0v) is 15.2. The number of carbonyl (C=O) groups is 2. The largest absolute Gasteiger partial charge is 0.497 e. The lowest BCUT2D eigenvalue weighted by atomic mass is 10.1. The zero-order valence-electron chi connectivity index (χ0n) is 13.7. The summed E-state index contributed by atoms with van der Waals surface area (Å²) in [5, 5.41) is 0. The van der Waals surface area contributed by atoms with E-state index in [0.717, 1.165) is 0 Å². The Morgan fingerprint density at radius 3 is 2.25 bits per heavy atom. The summed E-state index contributed by atoms with van der Waals surface area (Å²) in [6, 6.07) is 7.08. The predicted molar refractivity (Wildman–Crippen MR) is 92.6 cm³/mol. The van der Waals surface area contributed by atoms with E-state index in [9.17, 15) is 9.59 Å². The van der Waals surface area contributed by atoms with Crippen LogP contribution in [0.1, 0.15) is 23.7 Å². The van der Waals surface area contributed by atoms with Gasteiger partial charge < -0.3 is 14.5 Å². The Balaban J connectivity index is 1.61. The third kappa shape index (κ3) is 2.95. The maximum absolute atomic E-state index is 12.6. The number of carbonyl (C=O) groups excluding carboxylic acids is 2. The first-order chi connectivity index (χ1) is 11.3. The van der Waals surface area contributed by atoms with Gasteiger partial charge in [0.05, 0.1) is 12.5 Å². The smallest absolute Gasteiger partial charge is 0.254 e. The lowest BCUT2D eigenvalue weighted by Crippen LogP contribution is -2.52. The molecule has 1 saturated carbocycles. The molecule has 7 heteroatoms. The quantitative estimate of drug-likeness (QED) is 0.768. The number of rotatable bonds is 3. The Morgan fingerprint density at radius 2 is 1.71 bits per heavy atom. The van der Waals surface area contributed by atoms with Crippen LogP contribution in [0.5, 0.6) is 5.75 Å². The van der Waals surface area contributed by atoms with Crippen molar-refractivity contribution in [3.63, 3.8) is 0 Å². The molecule has 1 unspecified atom stereocenters. The molecular formula is C17H20Cl2N2O3. The Kier molecular flexibility index (Phi) is 4.43. The van der Waals surface area contributed by atoms with Crippen molar-refractivity contribution in [2.45, 2.75) is 17.7 Å². The van der Waals surface area contributed by atoms with Crippen molar-refractivity contribution in [3.05, 3.63) is 29.8 Å². The molecule has 1 aromatic rings. The van der Waals surface area contributed by atoms with E-state index < -0.39 is 9.75 Å². The molecule has 1 aromatic carbocycles. The van der Waals surface area contributed by atoms with Gasteiger partial charge in [-0.3, -0.25) is 9.59 Å². The van der Waals surface area contributed by atoms with Gasteiger partial charge in [-0.1, -0.05) is 6.07 Å². The lowest BCUT2D eigenvalue weighted by molar-refractivity contribution is -0.137. The van der Waals surface area contributed by atoms with Gasteiger partial charge in [-0.2, -0.15) is 0 Å². The zero-order chi connectivity index (χ0) is 17.5. The Labute approximate surface area is 151 Å². The number of ether oxygens (including phenoxy) is 1. The van der Waals surface area contributed by atoms with E-state index >= 15 is 0 Å². The second-order valence-electron chi connectivity index (χ2n) is 6.53. The average molecular weight is 371 g/mol. The number of alkyl halides is 2. The van der Waals surface area contributed by atoms with Crippen LogP contribution in [0.2, 0.25) is 0 Å². The van der Waals surface area contributed by atoms with Gasteiger partial charge in [-0.05, 0) is 31.5 Å². The molecule has 5 nitrogen and oxygen atoms in total. The van der Waals surface area contributed by atoms with Crippen molar-refractivity contribution in [2.75, 3.05) is 33.3 Å². The molecule has 1 atom stereocenters. The molecule has 1 saturated heterocycles. The molecule has 0 spiro atoms. The third-order valence-corrected chi connectivity index (χ3v) is 6.00. The monoisotopic (exact) mass is 370 g/mol. The first kappa shape index (κ1) is 17.4. The second kappa shape index (κ2) is 6.12.